The minimum absolute atomic E-state index is 0.233. The summed E-state index contributed by atoms with van der Waals surface area (Å²) in [5, 5.41) is 3.24. The molecule has 0 aromatic carbocycles. The Morgan fingerprint density at radius 2 is 1.94 bits per heavy atom. The summed E-state index contributed by atoms with van der Waals surface area (Å²) in [4.78, 5) is 12.8. The normalized spacial score (nSPS) is 26.5. The van der Waals surface area contributed by atoms with Gasteiger partial charge in [-0.3, -0.25) is 4.79 Å². The van der Waals surface area contributed by atoms with Gasteiger partial charge >= 0.3 is 0 Å². The third-order valence-electron chi connectivity index (χ3n) is 3.77. The molecule has 1 aliphatic carbocycles. The summed E-state index contributed by atoms with van der Waals surface area (Å²) in [7, 11) is 0. The Labute approximate surface area is 114 Å². The molecule has 1 saturated carbocycles. The summed E-state index contributed by atoms with van der Waals surface area (Å²) in [6.45, 7) is 4.30. The quantitative estimate of drug-likeness (QED) is 0.738. The average Bonchev–Trinajstić information content (AvgIpc) is 2.33. The molecule has 0 aromatic rings. The first-order valence-corrected chi connectivity index (χ1v) is 8.03. The number of amides is 1. The predicted molar refractivity (Wildman–Crippen MR) is 76.4 cm³/mol. The molecule has 0 saturated heterocycles. The Morgan fingerprint density at radius 3 is 2.47 bits per heavy atom. The van der Waals surface area contributed by atoms with Gasteiger partial charge in [0.05, 0.1) is 0 Å². The van der Waals surface area contributed by atoms with Gasteiger partial charge in [0.15, 0.2) is 0 Å². The Balaban J connectivity index is 2.31. The van der Waals surface area contributed by atoms with Crippen LogP contribution in [0.25, 0.3) is 0 Å². The number of hydrogen-bond acceptors (Lipinski definition) is 1. The van der Waals surface area contributed by atoms with Crippen LogP contribution < -0.4 is 5.32 Å². The van der Waals surface area contributed by atoms with Gasteiger partial charge in [0.1, 0.15) is 0 Å². The van der Waals surface area contributed by atoms with Crippen LogP contribution in [0.3, 0.4) is 0 Å². The molecule has 17 heavy (non-hydrogen) atoms. The summed E-state index contributed by atoms with van der Waals surface area (Å²) < 4.78 is 0. The van der Waals surface area contributed by atoms with Gasteiger partial charge in [-0.15, -0.1) is 0 Å². The van der Waals surface area contributed by atoms with Crippen molar-refractivity contribution in [2.75, 3.05) is 0 Å². The smallest absolute Gasteiger partial charge is 0.223 e. The lowest BCUT2D eigenvalue weighted by Crippen LogP contribution is -2.41. The molecular formula is C14H26BrNO. The highest BCUT2D eigenvalue weighted by molar-refractivity contribution is 9.09. The van der Waals surface area contributed by atoms with Crippen molar-refractivity contribution in [2.45, 2.75) is 76.1 Å². The molecule has 1 rings (SSSR count). The molecule has 0 spiro atoms. The van der Waals surface area contributed by atoms with Crippen LogP contribution in [-0.2, 0) is 4.79 Å². The van der Waals surface area contributed by atoms with Crippen molar-refractivity contribution in [1.29, 1.82) is 0 Å². The largest absolute Gasteiger partial charge is 0.353 e. The highest BCUT2D eigenvalue weighted by Crippen LogP contribution is 2.24. The zero-order valence-corrected chi connectivity index (χ0v) is 12.8. The third kappa shape index (κ3) is 5.41. The van der Waals surface area contributed by atoms with Crippen molar-refractivity contribution in [3.8, 4) is 0 Å². The van der Waals surface area contributed by atoms with E-state index in [1.807, 2.05) is 0 Å². The molecule has 0 bridgehead atoms. The van der Waals surface area contributed by atoms with Crippen molar-refractivity contribution < 1.29 is 4.79 Å². The lowest BCUT2D eigenvalue weighted by atomic mass is 9.93. The zero-order chi connectivity index (χ0) is 12.7. The molecule has 0 aliphatic heterocycles. The zero-order valence-electron chi connectivity index (χ0n) is 11.2. The second-order valence-corrected chi connectivity index (χ2v) is 6.50. The van der Waals surface area contributed by atoms with Gasteiger partial charge in [0.25, 0.3) is 0 Å². The number of carbonyl (C=O) groups excluding carboxylic acids is 1. The molecular weight excluding hydrogens is 278 g/mol. The first-order valence-electron chi connectivity index (χ1n) is 7.11. The molecule has 0 heterocycles. The van der Waals surface area contributed by atoms with Gasteiger partial charge in [-0.2, -0.15) is 0 Å². The minimum Gasteiger partial charge on any atom is -0.353 e. The van der Waals surface area contributed by atoms with E-state index in [0.717, 1.165) is 25.7 Å². The average molecular weight is 304 g/mol. The highest BCUT2D eigenvalue weighted by Gasteiger charge is 2.23. The number of unbranched alkanes of at least 4 members (excludes halogenated alkanes) is 1. The Hall–Kier alpha value is -0.0500. The Morgan fingerprint density at radius 1 is 1.29 bits per heavy atom. The minimum atomic E-state index is 0.233. The number of carbonyl (C=O) groups is 1. The van der Waals surface area contributed by atoms with Crippen LogP contribution in [0.5, 0.6) is 0 Å². The van der Waals surface area contributed by atoms with Gasteiger partial charge in [-0.05, 0) is 38.5 Å². The van der Waals surface area contributed by atoms with Crippen LogP contribution in [0.1, 0.15) is 65.2 Å². The lowest BCUT2D eigenvalue weighted by molar-refractivity contribution is -0.126. The van der Waals surface area contributed by atoms with E-state index in [4.69, 9.17) is 0 Å². The standard InChI is InChI=1S/C14H26BrNO/c1-3-5-6-11(4-2)14(17)16-13-9-7-12(15)8-10-13/h11-13H,3-10H2,1-2H3,(H,16,17). The summed E-state index contributed by atoms with van der Waals surface area (Å²) in [6, 6.07) is 0.423. The van der Waals surface area contributed by atoms with Gasteiger partial charge in [0, 0.05) is 16.8 Å². The van der Waals surface area contributed by atoms with Crippen LogP contribution in [-0.4, -0.2) is 16.8 Å². The van der Waals surface area contributed by atoms with Crippen LogP contribution >= 0.6 is 15.9 Å². The second kappa shape index (κ2) is 8.12. The van der Waals surface area contributed by atoms with Crippen molar-refractivity contribution >= 4 is 21.8 Å². The van der Waals surface area contributed by atoms with Crippen LogP contribution in [0.2, 0.25) is 0 Å². The summed E-state index contributed by atoms with van der Waals surface area (Å²) in [5.74, 6) is 0.524. The number of nitrogens with one attached hydrogen (secondary N) is 1. The van der Waals surface area contributed by atoms with Crippen LogP contribution in [0.4, 0.5) is 0 Å². The maximum Gasteiger partial charge on any atom is 0.223 e. The molecule has 1 aliphatic rings. The van der Waals surface area contributed by atoms with Crippen molar-refractivity contribution in [3.63, 3.8) is 0 Å². The molecule has 0 radical (unpaired) electrons. The SMILES string of the molecule is CCCCC(CC)C(=O)NC1CCC(Br)CC1. The van der Waals surface area contributed by atoms with E-state index in [2.05, 4.69) is 35.1 Å². The van der Waals surface area contributed by atoms with E-state index in [0.29, 0.717) is 16.8 Å². The van der Waals surface area contributed by atoms with Crippen molar-refractivity contribution in [1.82, 2.24) is 5.32 Å². The summed E-state index contributed by atoms with van der Waals surface area (Å²) >= 11 is 3.65. The van der Waals surface area contributed by atoms with Crippen molar-refractivity contribution in [2.24, 2.45) is 5.92 Å². The maximum absolute atomic E-state index is 12.1. The Kier molecular flexibility index (Phi) is 7.17. The van der Waals surface area contributed by atoms with Gasteiger partial charge < -0.3 is 5.32 Å². The van der Waals surface area contributed by atoms with Gasteiger partial charge in [-0.25, -0.2) is 0 Å². The van der Waals surface area contributed by atoms with Crippen molar-refractivity contribution in [3.05, 3.63) is 0 Å². The molecule has 1 N–H and O–H groups in total. The highest BCUT2D eigenvalue weighted by atomic mass is 79.9. The Bertz CT molecular complexity index is 224. The van der Waals surface area contributed by atoms with E-state index in [1.165, 1.54) is 25.7 Å². The second-order valence-electron chi connectivity index (χ2n) is 5.20. The first kappa shape index (κ1) is 15.0. The molecule has 1 fully saturated rings. The number of hydrogen-bond donors (Lipinski definition) is 1. The van der Waals surface area contributed by atoms with E-state index >= 15 is 0 Å². The van der Waals surface area contributed by atoms with Gasteiger partial charge in [0.2, 0.25) is 5.91 Å². The topological polar surface area (TPSA) is 29.1 Å². The van der Waals surface area contributed by atoms with E-state index in [1.54, 1.807) is 0 Å². The molecule has 1 amide bonds. The molecule has 0 aromatic heterocycles. The van der Waals surface area contributed by atoms with Crippen LogP contribution in [0, 0.1) is 5.92 Å². The number of halogens is 1. The monoisotopic (exact) mass is 303 g/mol. The van der Waals surface area contributed by atoms with E-state index in [-0.39, 0.29) is 5.92 Å². The fraction of sp³-hybridized carbons (Fsp3) is 0.929. The first-order chi connectivity index (χ1) is 8.17. The third-order valence-corrected chi connectivity index (χ3v) is 4.69. The summed E-state index contributed by atoms with van der Waals surface area (Å²) in [5.41, 5.74) is 0. The number of rotatable bonds is 6. The molecule has 1 unspecified atom stereocenters. The lowest BCUT2D eigenvalue weighted by Gasteiger charge is -2.27. The molecule has 1 atom stereocenters. The molecule has 3 heteroatoms. The van der Waals surface area contributed by atoms with E-state index < -0.39 is 0 Å². The summed E-state index contributed by atoms with van der Waals surface area (Å²) in [6.07, 6.45) is 9.01. The maximum atomic E-state index is 12.1. The predicted octanol–water partition coefficient (Wildman–Crippen LogP) is 4.03. The van der Waals surface area contributed by atoms with Gasteiger partial charge in [-0.1, -0.05) is 42.6 Å². The fourth-order valence-electron chi connectivity index (χ4n) is 2.49. The fourth-order valence-corrected chi connectivity index (χ4v) is 3.02. The van der Waals surface area contributed by atoms with E-state index in [9.17, 15) is 4.79 Å². The number of alkyl halides is 1. The molecule has 100 valence electrons. The van der Waals surface area contributed by atoms with Crippen LogP contribution in [0.15, 0.2) is 0 Å². The molecule has 2 nitrogen and oxygen atoms in total.